The Morgan fingerprint density at radius 1 is 1.35 bits per heavy atom. The summed E-state index contributed by atoms with van der Waals surface area (Å²) in [6.45, 7) is 13.7. The standard InChI is InChI=1S/C17H26O2Si/c1-16(2,3)20(5,6)19-15-12-10-13(12)17(4)8-7-11(18)9-14(15)17/h7-9,12-13,15H,10H2,1-6H3/t12-,13+,15+,17-/m0/s1. The van der Waals surface area contributed by atoms with E-state index >= 15 is 0 Å². The van der Waals surface area contributed by atoms with Gasteiger partial charge in [-0.05, 0) is 54.1 Å². The minimum absolute atomic E-state index is 0.0750. The second kappa shape index (κ2) is 3.95. The summed E-state index contributed by atoms with van der Waals surface area (Å²) in [5.41, 5.74) is 1.32. The monoisotopic (exact) mass is 290 g/mol. The fourth-order valence-electron chi connectivity index (χ4n) is 3.55. The molecule has 20 heavy (non-hydrogen) atoms. The predicted octanol–water partition coefficient (Wildman–Crippen LogP) is 4.10. The van der Waals surface area contributed by atoms with Crippen molar-refractivity contribution < 1.29 is 9.22 Å². The molecule has 0 amide bonds. The maximum Gasteiger partial charge on any atom is 0.192 e. The quantitative estimate of drug-likeness (QED) is 0.716. The first-order chi connectivity index (χ1) is 9.06. The Hall–Kier alpha value is -0.673. The fourth-order valence-corrected chi connectivity index (χ4v) is 4.84. The van der Waals surface area contributed by atoms with E-state index in [4.69, 9.17) is 4.43 Å². The summed E-state index contributed by atoms with van der Waals surface area (Å²) in [6, 6.07) is 0. The minimum Gasteiger partial charge on any atom is -0.410 e. The Balaban J connectivity index is 1.91. The molecule has 0 aromatic rings. The van der Waals surface area contributed by atoms with E-state index in [9.17, 15) is 4.79 Å². The topological polar surface area (TPSA) is 26.3 Å². The van der Waals surface area contributed by atoms with Gasteiger partial charge in [-0.15, -0.1) is 0 Å². The molecule has 2 nitrogen and oxygen atoms in total. The number of ketones is 1. The molecule has 2 saturated carbocycles. The molecule has 0 saturated heterocycles. The van der Waals surface area contributed by atoms with Crippen LogP contribution in [0.2, 0.25) is 18.1 Å². The molecule has 3 heteroatoms. The number of carbonyl (C=O) groups is 1. The van der Waals surface area contributed by atoms with E-state index < -0.39 is 8.32 Å². The Morgan fingerprint density at radius 3 is 2.60 bits per heavy atom. The average molecular weight is 290 g/mol. The van der Waals surface area contributed by atoms with E-state index in [1.807, 2.05) is 6.08 Å². The molecule has 0 spiro atoms. The predicted molar refractivity (Wildman–Crippen MR) is 84.0 cm³/mol. The van der Waals surface area contributed by atoms with Gasteiger partial charge in [0.2, 0.25) is 0 Å². The number of rotatable bonds is 2. The van der Waals surface area contributed by atoms with Crippen molar-refractivity contribution in [1.29, 1.82) is 0 Å². The van der Waals surface area contributed by atoms with Gasteiger partial charge in [-0.3, -0.25) is 4.79 Å². The summed E-state index contributed by atoms with van der Waals surface area (Å²) in [4.78, 5) is 11.8. The third kappa shape index (κ3) is 1.90. The van der Waals surface area contributed by atoms with E-state index in [2.05, 4.69) is 46.9 Å². The van der Waals surface area contributed by atoms with Crippen LogP contribution in [0.15, 0.2) is 23.8 Å². The van der Waals surface area contributed by atoms with Crippen LogP contribution in [-0.2, 0) is 9.22 Å². The zero-order valence-electron chi connectivity index (χ0n) is 13.5. The van der Waals surface area contributed by atoms with Gasteiger partial charge in [0, 0.05) is 5.41 Å². The molecular weight excluding hydrogens is 264 g/mol. The summed E-state index contributed by atoms with van der Waals surface area (Å²) in [6.07, 6.45) is 7.16. The van der Waals surface area contributed by atoms with Gasteiger partial charge < -0.3 is 4.43 Å². The summed E-state index contributed by atoms with van der Waals surface area (Å²) in [5.74, 6) is 1.45. The second-order valence-corrected chi connectivity index (χ2v) is 13.2. The highest BCUT2D eigenvalue weighted by Crippen LogP contribution is 2.67. The van der Waals surface area contributed by atoms with Crippen molar-refractivity contribution >= 4 is 14.1 Å². The third-order valence-corrected chi connectivity index (χ3v) is 10.5. The lowest BCUT2D eigenvalue weighted by molar-refractivity contribution is -0.110. The number of fused-ring (bicyclic) bond motifs is 3. The van der Waals surface area contributed by atoms with Crippen LogP contribution in [0.1, 0.15) is 34.1 Å². The molecular formula is C17H26O2Si. The van der Waals surface area contributed by atoms with E-state index in [1.54, 1.807) is 6.08 Å². The SMILES string of the molecule is CC(C)(C)[Si](C)(C)O[C@H]1C2=CC(=O)C=C[C@@]2(C)[C@@H]2C[C@@H]21. The summed E-state index contributed by atoms with van der Waals surface area (Å²) < 4.78 is 6.68. The molecule has 0 bridgehead atoms. The molecule has 0 radical (unpaired) electrons. The Kier molecular flexibility index (Phi) is 2.82. The maximum atomic E-state index is 11.8. The summed E-state index contributed by atoms with van der Waals surface area (Å²) in [5, 5.41) is 0.214. The molecule has 2 fully saturated rings. The van der Waals surface area contributed by atoms with E-state index in [1.165, 1.54) is 12.0 Å². The maximum absolute atomic E-state index is 11.8. The van der Waals surface area contributed by atoms with Crippen LogP contribution in [-0.4, -0.2) is 20.2 Å². The summed E-state index contributed by atoms with van der Waals surface area (Å²) in [7, 11) is -1.79. The lowest BCUT2D eigenvalue weighted by Crippen LogP contribution is -2.45. The first-order valence-corrected chi connectivity index (χ1v) is 10.6. The second-order valence-electron chi connectivity index (χ2n) is 8.42. The smallest absolute Gasteiger partial charge is 0.192 e. The van der Waals surface area contributed by atoms with Gasteiger partial charge in [-0.1, -0.05) is 33.8 Å². The Morgan fingerprint density at radius 2 is 2.00 bits per heavy atom. The molecule has 3 aliphatic carbocycles. The highest BCUT2D eigenvalue weighted by Gasteiger charge is 2.64. The molecule has 110 valence electrons. The van der Waals surface area contributed by atoms with Crippen molar-refractivity contribution in [2.45, 2.75) is 58.4 Å². The van der Waals surface area contributed by atoms with Gasteiger partial charge in [-0.25, -0.2) is 0 Å². The molecule has 0 aromatic heterocycles. The first-order valence-electron chi connectivity index (χ1n) is 7.69. The summed E-state index contributed by atoms with van der Waals surface area (Å²) >= 11 is 0. The number of hydrogen-bond donors (Lipinski definition) is 0. The molecule has 3 rings (SSSR count). The fraction of sp³-hybridized carbons (Fsp3) is 0.706. The highest BCUT2D eigenvalue weighted by molar-refractivity contribution is 6.74. The molecule has 0 aliphatic heterocycles. The number of allylic oxidation sites excluding steroid dienone is 3. The average Bonchev–Trinajstić information content (AvgIpc) is 3.04. The molecule has 3 aliphatic rings. The van der Waals surface area contributed by atoms with E-state index in [0.29, 0.717) is 11.8 Å². The van der Waals surface area contributed by atoms with E-state index in [-0.39, 0.29) is 22.3 Å². The van der Waals surface area contributed by atoms with Crippen molar-refractivity contribution in [2.75, 3.05) is 0 Å². The zero-order valence-corrected chi connectivity index (χ0v) is 14.5. The largest absolute Gasteiger partial charge is 0.410 e. The van der Waals surface area contributed by atoms with Crippen LogP contribution in [0.25, 0.3) is 0 Å². The number of carbonyl (C=O) groups excluding carboxylic acids is 1. The van der Waals surface area contributed by atoms with Crippen molar-refractivity contribution in [3.8, 4) is 0 Å². The molecule has 0 heterocycles. The van der Waals surface area contributed by atoms with Crippen molar-refractivity contribution in [1.82, 2.24) is 0 Å². The van der Waals surface area contributed by atoms with E-state index in [0.717, 1.165) is 0 Å². The van der Waals surface area contributed by atoms with Gasteiger partial charge in [0.1, 0.15) is 0 Å². The molecule has 0 unspecified atom stereocenters. The van der Waals surface area contributed by atoms with Gasteiger partial charge in [0.05, 0.1) is 6.10 Å². The van der Waals surface area contributed by atoms with Crippen LogP contribution in [0, 0.1) is 17.3 Å². The van der Waals surface area contributed by atoms with Gasteiger partial charge in [-0.2, -0.15) is 0 Å². The van der Waals surface area contributed by atoms with Gasteiger partial charge in [0.15, 0.2) is 14.1 Å². The molecule has 0 N–H and O–H groups in total. The van der Waals surface area contributed by atoms with Crippen molar-refractivity contribution in [3.05, 3.63) is 23.8 Å². The third-order valence-electron chi connectivity index (χ3n) is 6.05. The van der Waals surface area contributed by atoms with Crippen LogP contribution in [0.5, 0.6) is 0 Å². The first kappa shape index (κ1) is 14.3. The molecule has 0 aromatic carbocycles. The number of hydrogen-bond acceptors (Lipinski definition) is 2. The van der Waals surface area contributed by atoms with Crippen molar-refractivity contribution in [2.24, 2.45) is 17.3 Å². The van der Waals surface area contributed by atoms with Gasteiger partial charge in [0.25, 0.3) is 0 Å². The van der Waals surface area contributed by atoms with Gasteiger partial charge >= 0.3 is 0 Å². The Bertz CT molecular complexity index is 524. The lowest BCUT2D eigenvalue weighted by Gasteiger charge is -2.41. The normalized spacial score (nSPS) is 39.4. The van der Waals surface area contributed by atoms with Crippen LogP contribution in [0.4, 0.5) is 0 Å². The van der Waals surface area contributed by atoms with Crippen molar-refractivity contribution in [3.63, 3.8) is 0 Å². The minimum atomic E-state index is -1.79. The highest BCUT2D eigenvalue weighted by atomic mass is 28.4. The van der Waals surface area contributed by atoms with Crippen LogP contribution in [0.3, 0.4) is 0 Å². The zero-order chi connectivity index (χ0) is 14.9. The van der Waals surface area contributed by atoms with Crippen LogP contribution >= 0.6 is 0 Å². The van der Waals surface area contributed by atoms with Crippen LogP contribution < -0.4 is 0 Å². The molecule has 4 atom stereocenters. The lowest BCUT2D eigenvalue weighted by atomic mass is 9.76. The Labute approximate surface area is 123 Å².